The maximum Gasteiger partial charge on any atom is 0.224 e. The van der Waals surface area contributed by atoms with Crippen molar-refractivity contribution in [1.82, 2.24) is 5.32 Å². The molecule has 0 aliphatic carbocycles. The predicted molar refractivity (Wildman–Crippen MR) is 53.7 cm³/mol. The zero-order valence-electron chi connectivity index (χ0n) is 8.35. The van der Waals surface area contributed by atoms with E-state index < -0.39 is 0 Å². The third-order valence-corrected chi connectivity index (χ3v) is 1.92. The van der Waals surface area contributed by atoms with Gasteiger partial charge in [-0.15, -0.1) is 0 Å². The smallest absolute Gasteiger partial charge is 0.224 e. The first-order chi connectivity index (χ1) is 6.11. The van der Waals surface area contributed by atoms with Crippen LogP contribution in [0.15, 0.2) is 18.2 Å². The lowest BCUT2D eigenvalue weighted by molar-refractivity contribution is -0.119. The Kier molecular flexibility index (Phi) is 3.07. The molecule has 0 spiro atoms. The largest absolute Gasteiger partial charge is 0.359 e. The summed E-state index contributed by atoms with van der Waals surface area (Å²) in [5, 5.41) is 2.61. The van der Waals surface area contributed by atoms with Crippen molar-refractivity contribution < 1.29 is 4.79 Å². The van der Waals surface area contributed by atoms with Gasteiger partial charge >= 0.3 is 0 Å². The molecule has 0 saturated carbocycles. The molecule has 70 valence electrons. The number of benzene rings is 1. The topological polar surface area (TPSA) is 29.1 Å². The molecule has 0 aliphatic rings. The van der Waals surface area contributed by atoms with Crippen LogP contribution in [-0.4, -0.2) is 13.0 Å². The molecule has 2 heteroatoms. The summed E-state index contributed by atoms with van der Waals surface area (Å²) in [5.74, 6) is 0.0602. The van der Waals surface area contributed by atoms with Crippen molar-refractivity contribution >= 4 is 5.91 Å². The van der Waals surface area contributed by atoms with Gasteiger partial charge in [-0.25, -0.2) is 0 Å². The van der Waals surface area contributed by atoms with Gasteiger partial charge in [0.05, 0.1) is 6.42 Å². The molecule has 1 rings (SSSR count). The normalized spacial score (nSPS) is 9.77. The van der Waals surface area contributed by atoms with E-state index in [0.29, 0.717) is 6.42 Å². The molecular weight excluding hydrogens is 162 g/mol. The zero-order valence-corrected chi connectivity index (χ0v) is 8.35. The number of carbonyl (C=O) groups is 1. The van der Waals surface area contributed by atoms with Crippen LogP contribution >= 0.6 is 0 Å². The van der Waals surface area contributed by atoms with E-state index in [1.807, 2.05) is 26.0 Å². The molecule has 1 N–H and O–H groups in total. The predicted octanol–water partition coefficient (Wildman–Crippen LogP) is 1.59. The number of hydrogen-bond donors (Lipinski definition) is 1. The number of nitrogens with one attached hydrogen (secondary N) is 1. The van der Waals surface area contributed by atoms with Crippen LogP contribution in [0, 0.1) is 13.8 Å². The van der Waals surface area contributed by atoms with Crippen LogP contribution in [0.5, 0.6) is 0 Å². The van der Waals surface area contributed by atoms with Crippen LogP contribution in [0.2, 0.25) is 0 Å². The summed E-state index contributed by atoms with van der Waals surface area (Å²) in [6, 6.07) is 6.19. The molecule has 0 atom stereocenters. The number of carbonyl (C=O) groups excluding carboxylic acids is 1. The molecule has 1 aromatic carbocycles. The van der Waals surface area contributed by atoms with Crippen molar-refractivity contribution in [2.24, 2.45) is 0 Å². The van der Waals surface area contributed by atoms with Crippen molar-refractivity contribution in [2.75, 3.05) is 7.05 Å². The highest BCUT2D eigenvalue weighted by Crippen LogP contribution is 2.09. The van der Waals surface area contributed by atoms with Crippen molar-refractivity contribution in [1.29, 1.82) is 0 Å². The molecule has 0 saturated heterocycles. The second-order valence-electron chi connectivity index (χ2n) is 3.35. The van der Waals surface area contributed by atoms with Crippen LogP contribution in [0.4, 0.5) is 0 Å². The Morgan fingerprint density at radius 3 is 2.23 bits per heavy atom. The average molecular weight is 177 g/mol. The molecule has 0 bridgehead atoms. The lowest BCUT2D eigenvalue weighted by atomic mass is 10.1. The monoisotopic (exact) mass is 177 g/mol. The third kappa shape index (κ3) is 2.90. The highest BCUT2D eigenvalue weighted by Gasteiger charge is 2.01. The van der Waals surface area contributed by atoms with E-state index in [4.69, 9.17) is 0 Å². The maximum absolute atomic E-state index is 11.1. The molecule has 1 amide bonds. The lowest BCUT2D eigenvalue weighted by Crippen LogP contribution is -2.19. The van der Waals surface area contributed by atoms with Gasteiger partial charge in [-0.1, -0.05) is 29.3 Å². The van der Waals surface area contributed by atoms with Crippen LogP contribution in [0.3, 0.4) is 0 Å². The highest BCUT2D eigenvalue weighted by atomic mass is 16.1. The minimum atomic E-state index is 0.0602. The Hall–Kier alpha value is -1.31. The van der Waals surface area contributed by atoms with Gasteiger partial charge < -0.3 is 5.32 Å². The van der Waals surface area contributed by atoms with E-state index in [0.717, 1.165) is 5.56 Å². The molecule has 1 aromatic rings. The SMILES string of the molecule is CNC(=O)Cc1cc(C)cc(C)c1. The maximum atomic E-state index is 11.1. The van der Waals surface area contributed by atoms with Crippen molar-refractivity contribution in [2.45, 2.75) is 20.3 Å². The number of aryl methyl sites for hydroxylation is 2. The van der Waals surface area contributed by atoms with Crippen LogP contribution in [0.25, 0.3) is 0 Å². The first kappa shape index (κ1) is 9.78. The molecule has 0 aromatic heterocycles. The molecule has 13 heavy (non-hydrogen) atoms. The lowest BCUT2D eigenvalue weighted by Gasteiger charge is -2.03. The van der Waals surface area contributed by atoms with E-state index >= 15 is 0 Å². The molecule has 0 radical (unpaired) electrons. The molecule has 2 nitrogen and oxygen atoms in total. The number of amides is 1. The zero-order chi connectivity index (χ0) is 9.84. The number of likely N-dealkylation sites (N-methyl/N-ethyl adjacent to an activating group) is 1. The van der Waals surface area contributed by atoms with Crippen molar-refractivity contribution in [3.63, 3.8) is 0 Å². The second-order valence-corrected chi connectivity index (χ2v) is 3.35. The average Bonchev–Trinajstić information content (AvgIpc) is 2.02. The standard InChI is InChI=1S/C11H15NO/c1-8-4-9(2)6-10(5-8)7-11(13)12-3/h4-6H,7H2,1-3H3,(H,12,13). The van der Waals surface area contributed by atoms with Gasteiger partial charge in [0.25, 0.3) is 0 Å². The summed E-state index contributed by atoms with van der Waals surface area (Å²) in [5.41, 5.74) is 3.50. The molecule has 0 fully saturated rings. The first-order valence-electron chi connectivity index (χ1n) is 4.39. The van der Waals surface area contributed by atoms with E-state index in [9.17, 15) is 4.79 Å². The Bertz CT molecular complexity index is 298. The highest BCUT2D eigenvalue weighted by molar-refractivity contribution is 5.78. The van der Waals surface area contributed by atoms with E-state index in [-0.39, 0.29) is 5.91 Å². The minimum Gasteiger partial charge on any atom is -0.359 e. The van der Waals surface area contributed by atoms with E-state index in [2.05, 4.69) is 11.4 Å². The van der Waals surface area contributed by atoms with Crippen LogP contribution in [0.1, 0.15) is 16.7 Å². The summed E-state index contributed by atoms with van der Waals surface area (Å²) in [6.07, 6.45) is 0.471. The number of rotatable bonds is 2. The Morgan fingerprint density at radius 2 is 1.77 bits per heavy atom. The summed E-state index contributed by atoms with van der Waals surface area (Å²) in [4.78, 5) is 11.1. The van der Waals surface area contributed by atoms with Gasteiger partial charge in [0, 0.05) is 7.05 Å². The van der Waals surface area contributed by atoms with Gasteiger partial charge in [0.2, 0.25) is 5.91 Å². The molecule has 0 aliphatic heterocycles. The van der Waals surface area contributed by atoms with Gasteiger partial charge in [-0.05, 0) is 19.4 Å². The van der Waals surface area contributed by atoms with Gasteiger partial charge in [0.15, 0.2) is 0 Å². The van der Waals surface area contributed by atoms with Crippen LogP contribution < -0.4 is 5.32 Å². The quantitative estimate of drug-likeness (QED) is 0.730. The van der Waals surface area contributed by atoms with Gasteiger partial charge in [0.1, 0.15) is 0 Å². The molecular formula is C11H15NO. The summed E-state index contributed by atoms with van der Waals surface area (Å²) in [7, 11) is 1.66. The Balaban J connectivity index is 2.83. The van der Waals surface area contributed by atoms with Gasteiger partial charge in [-0.3, -0.25) is 4.79 Å². The fraction of sp³-hybridized carbons (Fsp3) is 0.364. The van der Waals surface area contributed by atoms with E-state index in [1.165, 1.54) is 11.1 Å². The second kappa shape index (κ2) is 4.08. The Morgan fingerprint density at radius 1 is 1.23 bits per heavy atom. The summed E-state index contributed by atoms with van der Waals surface area (Å²) in [6.45, 7) is 4.08. The van der Waals surface area contributed by atoms with Crippen molar-refractivity contribution in [3.05, 3.63) is 34.9 Å². The van der Waals surface area contributed by atoms with Crippen LogP contribution in [-0.2, 0) is 11.2 Å². The number of hydrogen-bond acceptors (Lipinski definition) is 1. The Labute approximate surface area is 79.0 Å². The molecule has 0 heterocycles. The minimum absolute atomic E-state index is 0.0602. The van der Waals surface area contributed by atoms with Gasteiger partial charge in [-0.2, -0.15) is 0 Å². The third-order valence-electron chi connectivity index (χ3n) is 1.92. The fourth-order valence-corrected chi connectivity index (χ4v) is 1.44. The fourth-order valence-electron chi connectivity index (χ4n) is 1.44. The van der Waals surface area contributed by atoms with Crippen molar-refractivity contribution in [3.8, 4) is 0 Å². The van der Waals surface area contributed by atoms with E-state index in [1.54, 1.807) is 7.05 Å². The summed E-state index contributed by atoms with van der Waals surface area (Å²) >= 11 is 0. The summed E-state index contributed by atoms with van der Waals surface area (Å²) < 4.78 is 0. The first-order valence-corrected chi connectivity index (χ1v) is 4.39. The molecule has 0 unspecified atom stereocenters.